The van der Waals surface area contributed by atoms with Gasteiger partial charge in [0.15, 0.2) is 0 Å². The predicted molar refractivity (Wildman–Crippen MR) is 51.1 cm³/mol. The van der Waals surface area contributed by atoms with Crippen LogP contribution in [0, 0.1) is 11.3 Å². The van der Waals surface area contributed by atoms with Gasteiger partial charge in [0, 0.05) is 25.0 Å². The van der Waals surface area contributed by atoms with Crippen molar-refractivity contribution in [1.29, 1.82) is 5.26 Å². The summed E-state index contributed by atoms with van der Waals surface area (Å²) in [5.74, 6) is 0. The summed E-state index contributed by atoms with van der Waals surface area (Å²) in [4.78, 5) is 2.26. The number of nitrogens with zero attached hydrogens (tertiary/aromatic N) is 2. The van der Waals surface area contributed by atoms with Crippen molar-refractivity contribution in [1.82, 2.24) is 4.90 Å². The van der Waals surface area contributed by atoms with Crippen molar-refractivity contribution in [2.75, 3.05) is 6.54 Å². The second kappa shape index (κ2) is 4.59. The molecule has 1 saturated carbocycles. The van der Waals surface area contributed by atoms with Gasteiger partial charge in [0.1, 0.15) is 0 Å². The lowest BCUT2D eigenvalue weighted by Crippen LogP contribution is -2.42. The molecule has 0 spiro atoms. The Bertz CT molecular complexity index is 194. The Morgan fingerprint density at radius 1 is 1.54 bits per heavy atom. The number of hydrogen-bond donors (Lipinski definition) is 1. The van der Waals surface area contributed by atoms with Crippen molar-refractivity contribution >= 4 is 0 Å². The van der Waals surface area contributed by atoms with E-state index in [-0.39, 0.29) is 12.1 Å². The fraction of sp³-hybridized carbons (Fsp3) is 0.900. The van der Waals surface area contributed by atoms with Crippen LogP contribution < -0.4 is 0 Å². The molecule has 0 aliphatic heterocycles. The molecule has 3 nitrogen and oxygen atoms in total. The van der Waals surface area contributed by atoms with Gasteiger partial charge in [-0.3, -0.25) is 4.90 Å². The minimum atomic E-state index is -0.306. The lowest BCUT2D eigenvalue weighted by molar-refractivity contribution is 0.0669. The van der Waals surface area contributed by atoms with Gasteiger partial charge in [-0.15, -0.1) is 0 Å². The van der Waals surface area contributed by atoms with E-state index in [1.807, 2.05) is 13.8 Å². The van der Waals surface area contributed by atoms with E-state index < -0.39 is 0 Å². The highest BCUT2D eigenvalue weighted by Gasteiger charge is 2.33. The van der Waals surface area contributed by atoms with E-state index >= 15 is 0 Å². The van der Waals surface area contributed by atoms with Crippen molar-refractivity contribution in [3.8, 4) is 6.07 Å². The average Bonchev–Trinajstić information content (AvgIpc) is 2.88. The van der Waals surface area contributed by atoms with Crippen LogP contribution in [0.25, 0.3) is 0 Å². The molecule has 0 aromatic rings. The van der Waals surface area contributed by atoms with E-state index in [1.54, 1.807) is 0 Å². The van der Waals surface area contributed by atoms with Crippen LogP contribution in [-0.2, 0) is 0 Å². The van der Waals surface area contributed by atoms with Gasteiger partial charge in [-0.2, -0.15) is 5.26 Å². The summed E-state index contributed by atoms with van der Waals surface area (Å²) in [6.07, 6.45) is 2.71. The predicted octanol–water partition coefficient (Wildman–Crippen LogP) is 1.13. The maximum Gasteiger partial charge on any atom is 0.0664 e. The molecule has 0 amide bonds. The highest BCUT2D eigenvalue weighted by atomic mass is 16.3. The molecule has 1 rings (SSSR count). The zero-order chi connectivity index (χ0) is 9.84. The molecule has 1 fully saturated rings. The van der Waals surface area contributed by atoms with Crippen LogP contribution >= 0.6 is 0 Å². The summed E-state index contributed by atoms with van der Waals surface area (Å²) in [5, 5.41) is 17.9. The maximum absolute atomic E-state index is 9.44. The average molecular weight is 182 g/mol. The molecular weight excluding hydrogens is 164 g/mol. The van der Waals surface area contributed by atoms with Crippen molar-refractivity contribution in [2.24, 2.45) is 0 Å². The van der Waals surface area contributed by atoms with E-state index in [4.69, 9.17) is 5.26 Å². The Hall–Kier alpha value is -0.590. The second-order valence-corrected chi connectivity index (χ2v) is 3.86. The van der Waals surface area contributed by atoms with Crippen LogP contribution in [0.4, 0.5) is 0 Å². The van der Waals surface area contributed by atoms with Crippen molar-refractivity contribution in [3.63, 3.8) is 0 Å². The highest BCUT2D eigenvalue weighted by molar-refractivity contribution is 4.90. The first-order valence-electron chi connectivity index (χ1n) is 4.97. The summed E-state index contributed by atoms with van der Waals surface area (Å²) in [6.45, 7) is 4.64. The zero-order valence-electron chi connectivity index (χ0n) is 8.40. The Labute approximate surface area is 80.0 Å². The molecule has 0 radical (unpaired) electrons. The number of aliphatic hydroxyl groups excluding tert-OH is 1. The zero-order valence-corrected chi connectivity index (χ0v) is 8.40. The van der Waals surface area contributed by atoms with E-state index in [9.17, 15) is 5.11 Å². The quantitative estimate of drug-likeness (QED) is 0.693. The molecule has 0 aromatic heterocycles. The van der Waals surface area contributed by atoms with Crippen molar-refractivity contribution in [2.45, 2.75) is 51.3 Å². The van der Waals surface area contributed by atoms with Crippen LogP contribution in [0.1, 0.15) is 33.1 Å². The lowest BCUT2D eigenvalue weighted by atomic mass is 10.1. The minimum Gasteiger partial charge on any atom is -0.392 e. The van der Waals surface area contributed by atoms with E-state index in [1.165, 1.54) is 12.8 Å². The van der Waals surface area contributed by atoms with Crippen molar-refractivity contribution in [3.05, 3.63) is 0 Å². The minimum absolute atomic E-state index is 0.181. The Kier molecular flexibility index (Phi) is 3.71. The largest absolute Gasteiger partial charge is 0.392 e. The topological polar surface area (TPSA) is 47.3 Å². The monoisotopic (exact) mass is 182 g/mol. The second-order valence-electron chi connectivity index (χ2n) is 3.86. The maximum atomic E-state index is 9.44. The Morgan fingerprint density at radius 2 is 2.15 bits per heavy atom. The highest BCUT2D eigenvalue weighted by Crippen LogP contribution is 2.29. The normalized spacial score (nSPS) is 21.2. The number of nitriles is 1. The van der Waals surface area contributed by atoms with Gasteiger partial charge >= 0.3 is 0 Å². The molecule has 0 aromatic carbocycles. The fourth-order valence-corrected chi connectivity index (χ4v) is 1.58. The molecular formula is C10H18N2O. The van der Waals surface area contributed by atoms with Gasteiger partial charge in [0.2, 0.25) is 0 Å². The van der Waals surface area contributed by atoms with E-state index in [0.29, 0.717) is 12.5 Å². The Balaban J connectivity index is 2.42. The van der Waals surface area contributed by atoms with E-state index in [2.05, 4.69) is 11.0 Å². The molecule has 1 aliphatic carbocycles. The van der Waals surface area contributed by atoms with Gasteiger partial charge in [-0.25, -0.2) is 0 Å². The van der Waals surface area contributed by atoms with Gasteiger partial charge < -0.3 is 5.11 Å². The number of aliphatic hydroxyl groups is 1. The SMILES string of the molecule is CC(O)C(C)N(CCC#N)C1CC1. The fourth-order valence-electron chi connectivity index (χ4n) is 1.58. The summed E-state index contributed by atoms with van der Waals surface area (Å²) in [7, 11) is 0. The molecule has 2 unspecified atom stereocenters. The molecule has 3 heteroatoms. The third-order valence-corrected chi connectivity index (χ3v) is 2.72. The van der Waals surface area contributed by atoms with Crippen LogP contribution in [0.5, 0.6) is 0 Å². The van der Waals surface area contributed by atoms with Gasteiger partial charge in [-0.05, 0) is 26.7 Å². The van der Waals surface area contributed by atoms with Crippen molar-refractivity contribution < 1.29 is 5.11 Å². The summed E-state index contributed by atoms with van der Waals surface area (Å²) >= 11 is 0. The summed E-state index contributed by atoms with van der Waals surface area (Å²) in [6, 6.07) is 2.96. The van der Waals surface area contributed by atoms with Crippen LogP contribution in [0.15, 0.2) is 0 Å². The van der Waals surface area contributed by atoms with E-state index in [0.717, 1.165) is 6.54 Å². The molecule has 0 saturated heterocycles. The first-order valence-corrected chi connectivity index (χ1v) is 4.97. The molecule has 0 bridgehead atoms. The van der Waals surface area contributed by atoms with Gasteiger partial charge in [-0.1, -0.05) is 0 Å². The first-order chi connectivity index (χ1) is 6.16. The smallest absolute Gasteiger partial charge is 0.0664 e. The molecule has 13 heavy (non-hydrogen) atoms. The van der Waals surface area contributed by atoms with Crippen LogP contribution in [0.2, 0.25) is 0 Å². The third-order valence-electron chi connectivity index (χ3n) is 2.72. The molecule has 2 atom stereocenters. The lowest BCUT2D eigenvalue weighted by Gasteiger charge is -2.30. The number of rotatable bonds is 5. The first kappa shape index (κ1) is 10.5. The summed E-state index contributed by atoms with van der Waals surface area (Å²) in [5.41, 5.74) is 0. The number of hydrogen-bond acceptors (Lipinski definition) is 3. The molecule has 0 heterocycles. The standard InChI is InChI=1S/C10H18N2O/c1-8(9(2)13)12(7-3-6-11)10-4-5-10/h8-10,13H,3-5,7H2,1-2H3. The van der Waals surface area contributed by atoms with Crippen LogP contribution in [0.3, 0.4) is 0 Å². The Morgan fingerprint density at radius 3 is 2.54 bits per heavy atom. The molecule has 1 N–H and O–H groups in total. The van der Waals surface area contributed by atoms with Crippen LogP contribution in [-0.4, -0.2) is 34.7 Å². The van der Waals surface area contributed by atoms with Gasteiger partial charge in [0.25, 0.3) is 0 Å². The van der Waals surface area contributed by atoms with Gasteiger partial charge in [0.05, 0.1) is 12.2 Å². The molecule has 74 valence electrons. The third kappa shape index (κ3) is 2.98. The molecule has 1 aliphatic rings. The summed E-state index contributed by atoms with van der Waals surface area (Å²) < 4.78 is 0.